The lowest BCUT2D eigenvalue weighted by Gasteiger charge is -2.10. The third-order valence-corrected chi connectivity index (χ3v) is 6.27. The summed E-state index contributed by atoms with van der Waals surface area (Å²) in [7, 11) is 0. The normalized spacial score (nSPS) is 11.0. The molecule has 4 aromatic carbocycles. The number of fused-ring (bicyclic) bond motifs is 2. The fraction of sp³-hybridized carbons (Fsp3) is 0. The van der Waals surface area contributed by atoms with Crippen LogP contribution in [-0.2, 0) is 0 Å². The Balaban J connectivity index is 1.37. The summed E-state index contributed by atoms with van der Waals surface area (Å²) in [6.07, 6.45) is 0. The van der Waals surface area contributed by atoms with E-state index in [0.29, 0.717) is 33.3 Å². The standard InChI is InChI=1S/C25H15ClIN3O2S/c26-20-10-8-15(27)12-19(20)23(31)30-25(33)28-16-9-11-22-21(13-16)29-24(32-22)18-7-3-5-14-4-1-2-6-17(14)18/h1-13H,(H2,28,30,31,33). The van der Waals surface area contributed by atoms with Crippen molar-refractivity contribution in [3.05, 3.63) is 93.0 Å². The molecular weight excluding hydrogens is 569 g/mol. The van der Waals surface area contributed by atoms with E-state index in [1.54, 1.807) is 12.1 Å². The van der Waals surface area contributed by atoms with Gasteiger partial charge in [0, 0.05) is 14.8 Å². The number of thiocarbonyl (C=S) groups is 1. The Morgan fingerprint density at radius 3 is 2.70 bits per heavy atom. The highest BCUT2D eigenvalue weighted by molar-refractivity contribution is 14.1. The van der Waals surface area contributed by atoms with Gasteiger partial charge in [0.05, 0.1) is 10.6 Å². The van der Waals surface area contributed by atoms with E-state index in [4.69, 9.17) is 28.2 Å². The minimum absolute atomic E-state index is 0.159. The second kappa shape index (κ2) is 9.09. The fourth-order valence-corrected chi connectivity index (χ4v) is 4.44. The van der Waals surface area contributed by atoms with Crippen molar-refractivity contribution in [2.75, 3.05) is 5.32 Å². The van der Waals surface area contributed by atoms with Crippen LogP contribution in [0, 0.1) is 3.57 Å². The zero-order valence-corrected chi connectivity index (χ0v) is 20.7. The van der Waals surface area contributed by atoms with Crippen molar-refractivity contribution in [3.63, 3.8) is 0 Å². The van der Waals surface area contributed by atoms with E-state index >= 15 is 0 Å². The highest BCUT2D eigenvalue weighted by atomic mass is 127. The van der Waals surface area contributed by atoms with Gasteiger partial charge in [-0.1, -0.05) is 48.0 Å². The second-order valence-corrected chi connectivity index (χ2v) is 9.32. The first-order chi connectivity index (χ1) is 16.0. The Kier molecular flexibility index (Phi) is 6.01. The molecular formula is C25H15ClIN3O2S. The van der Waals surface area contributed by atoms with E-state index in [9.17, 15) is 4.79 Å². The van der Waals surface area contributed by atoms with E-state index in [0.717, 1.165) is 19.9 Å². The predicted molar refractivity (Wildman–Crippen MR) is 145 cm³/mol. The van der Waals surface area contributed by atoms with Gasteiger partial charge >= 0.3 is 0 Å². The van der Waals surface area contributed by atoms with Crippen molar-refractivity contribution in [2.24, 2.45) is 0 Å². The number of amides is 1. The molecule has 0 saturated carbocycles. The topological polar surface area (TPSA) is 67.2 Å². The fourth-order valence-electron chi connectivity index (χ4n) is 3.54. The average molecular weight is 584 g/mol. The number of nitrogens with one attached hydrogen (secondary N) is 2. The molecule has 0 saturated heterocycles. The molecule has 5 nitrogen and oxygen atoms in total. The first-order valence-electron chi connectivity index (χ1n) is 9.94. The molecule has 1 amide bonds. The lowest BCUT2D eigenvalue weighted by molar-refractivity contribution is 0.0978. The number of hydrogen-bond acceptors (Lipinski definition) is 4. The van der Waals surface area contributed by atoms with Crippen molar-refractivity contribution in [3.8, 4) is 11.5 Å². The zero-order chi connectivity index (χ0) is 22.9. The summed E-state index contributed by atoms with van der Waals surface area (Å²) in [5.74, 6) is 0.167. The molecule has 2 N–H and O–H groups in total. The van der Waals surface area contributed by atoms with Crippen molar-refractivity contribution in [2.45, 2.75) is 0 Å². The number of anilines is 1. The van der Waals surface area contributed by atoms with Crippen LogP contribution in [-0.4, -0.2) is 16.0 Å². The number of hydrogen-bond donors (Lipinski definition) is 2. The predicted octanol–water partition coefficient (Wildman–Crippen LogP) is 7.03. The summed E-state index contributed by atoms with van der Waals surface area (Å²) in [5.41, 5.74) is 3.30. The summed E-state index contributed by atoms with van der Waals surface area (Å²) < 4.78 is 6.91. The van der Waals surface area contributed by atoms with Gasteiger partial charge in [0.25, 0.3) is 5.91 Å². The monoisotopic (exact) mass is 583 g/mol. The number of rotatable bonds is 3. The van der Waals surface area contributed by atoms with Gasteiger partial charge in [0.1, 0.15) is 5.52 Å². The molecule has 0 spiro atoms. The Morgan fingerprint density at radius 2 is 1.82 bits per heavy atom. The molecule has 0 radical (unpaired) electrons. The molecule has 0 aliphatic heterocycles. The Bertz CT molecular complexity index is 1540. The third kappa shape index (κ3) is 4.57. The molecule has 0 fully saturated rings. The van der Waals surface area contributed by atoms with Crippen LogP contribution in [0.3, 0.4) is 0 Å². The van der Waals surface area contributed by atoms with Crippen LogP contribution in [0.25, 0.3) is 33.3 Å². The molecule has 0 aliphatic carbocycles. The number of benzene rings is 4. The zero-order valence-electron chi connectivity index (χ0n) is 16.9. The Labute approximate surface area is 213 Å². The van der Waals surface area contributed by atoms with Gasteiger partial charge in [-0.25, -0.2) is 4.98 Å². The summed E-state index contributed by atoms with van der Waals surface area (Å²) in [6, 6.07) is 24.8. The minimum atomic E-state index is -0.378. The molecule has 0 aliphatic rings. The Morgan fingerprint density at radius 1 is 1.00 bits per heavy atom. The largest absolute Gasteiger partial charge is 0.436 e. The quantitative estimate of drug-likeness (QED) is 0.176. The number of carbonyl (C=O) groups is 1. The summed E-state index contributed by atoms with van der Waals surface area (Å²) >= 11 is 13.6. The second-order valence-electron chi connectivity index (χ2n) is 7.26. The van der Waals surface area contributed by atoms with Crippen LogP contribution < -0.4 is 10.6 Å². The molecule has 8 heteroatoms. The van der Waals surface area contributed by atoms with Gasteiger partial charge in [-0.3, -0.25) is 10.1 Å². The smallest absolute Gasteiger partial charge is 0.258 e. The molecule has 0 bridgehead atoms. The van der Waals surface area contributed by atoms with E-state index in [1.807, 2.05) is 54.6 Å². The molecule has 162 valence electrons. The molecule has 33 heavy (non-hydrogen) atoms. The van der Waals surface area contributed by atoms with Crippen LogP contribution in [0.4, 0.5) is 5.69 Å². The number of nitrogens with zero attached hydrogens (tertiary/aromatic N) is 1. The van der Waals surface area contributed by atoms with Gasteiger partial charge in [0.15, 0.2) is 10.7 Å². The molecule has 1 heterocycles. The average Bonchev–Trinajstić information content (AvgIpc) is 3.23. The maximum atomic E-state index is 12.5. The van der Waals surface area contributed by atoms with Crippen LogP contribution >= 0.6 is 46.4 Å². The molecule has 1 aromatic heterocycles. The SMILES string of the molecule is O=C(NC(=S)Nc1ccc2oc(-c3cccc4ccccc34)nc2c1)c1cc(I)ccc1Cl. The molecule has 0 atom stereocenters. The third-order valence-electron chi connectivity index (χ3n) is 5.07. The first-order valence-corrected chi connectivity index (χ1v) is 11.8. The molecule has 5 aromatic rings. The van der Waals surface area contributed by atoms with Crippen molar-refractivity contribution < 1.29 is 9.21 Å². The highest BCUT2D eigenvalue weighted by Crippen LogP contribution is 2.31. The number of aromatic nitrogens is 1. The summed E-state index contributed by atoms with van der Waals surface area (Å²) in [4.78, 5) is 17.2. The number of halogens is 2. The molecule has 5 rings (SSSR count). The first kappa shape index (κ1) is 21.8. The maximum Gasteiger partial charge on any atom is 0.258 e. The number of carbonyl (C=O) groups excluding carboxylic acids is 1. The van der Waals surface area contributed by atoms with Gasteiger partial charge in [-0.2, -0.15) is 0 Å². The lowest BCUT2D eigenvalue weighted by atomic mass is 10.0. The van der Waals surface area contributed by atoms with Crippen molar-refractivity contribution in [1.29, 1.82) is 0 Å². The highest BCUT2D eigenvalue weighted by Gasteiger charge is 2.14. The van der Waals surface area contributed by atoms with E-state index in [1.165, 1.54) is 0 Å². The van der Waals surface area contributed by atoms with Gasteiger partial charge in [-0.05, 0) is 88.0 Å². The molecule has 0 unspecified atom stereocenters. The summed E-state index contributed by atoms with van der Waals surface area (Å²) in [6.45, 7) is 0. The van der Waals surface area contributed by atoms with Crippen LogP contribution in [0.15, 0.2) is 83.3 Å². The van der Waals surface area contributed by atoms with Crippen molar-refractivity contribution >= 4 is 85.0 Å². The summed E-state index contributed by atoms with van der Waals surface area (Å²) in [5, 5.41) is 8.39. The van der Waals surface area contributed by atoms with E-state index in [2.05, 4.69) is 50.3 Å². The van der Waals surface area contributed by atoms with Crippen molar-refractivity contribution in [1.82, 2.24) is 10.3 Å². The van der Waals surface area contributed by atoms with E-state index < -0.39 is 0 Å². The van der Waals surface area contributed by atoms with Gasteiger partial charge in [-0.15, -0.1) is 0 Å². The lowest BCUT2D eigenvalue weighted by Crippen LogP contribution is -2.34. The van der Waals surface area contributed by atoms with Crippen LogP contribution in [0.1, 0.15) is 10.4 Å². The Hall–Kier alpha value is -3.01. The van der Waals surface area contributed by atoms with Gasteiger partial charge < -0.3 is 9.73 Å². The van der Waals surface area contributed by atoms with Crippen LogP contribution in [0.5, 0.6) is 0 Å². The van der Waals surface area contributed by atoms with E-state index in [-0.39, 0.29) is 11.0 Å². The number of oxazole rings is 1. The maximum absolute atomic E-state index is 12.5. The minimum Gasteiger partial charge on any atom is -0.436 e. The van der Waals surface area contributed by atoms with Gasteiger partial charge in [0.2, 0.25) is 5.89 Å². The van der Waals surface area contributed by atoms with Crippen LogP contribution in [0.2, 0.25) is 5.02 Å².